The van der Waals surface area contributed by atoms with Crippen molar-refractivity contribution in [1.82, 2.24) is 4.98 Å². The molecule has 31 heavy (non-hydrogen) atoms. The number of ether oxygens (including phenoxy) is 1. The van der Waals surface area contributed by atoms with E-state index in [-0.39, 0.29) is 11.7 Å². The number of benzene rings is 2. The number of hydrogen-bond acceptors (Lipinski definition) is 5. The Labute approximate surface area is 186 Å². The molecule has 0 aliphatic heterocycles. The van der Waals surface area contributed by atoms with Crippen molar-refractivity contribution in [1.29, 1.82) is 0 Å². The van der Waals surface area contributed by atoms with Crippen LogP contribution in [0.3, 0.4) is 0 Å². The van der Waals surface area contributed by atoms with Crippen molar-refractivity contribution in [3.8, 4) is 11.5 Å². The Bertz CT molecular complexity index is 1140. The number of carbonyl (C=O) groups is 2. The van der Waals surface area contributed by atoms with E-state index in [1.165, 1.54) is 11.8 Å². The number of pyridine rings is 1. The van der Waals surface area contributed by atoms with Crippen LogP contribution in [0.5, 0.6) is 11.5 Å². The molecule has 0 fully saturated rings. The van der Waals surface area contributed by atoms with Gasteiger partial charge in [-0.1, -0.05) is 36.0 Å². The fourth-order valence-electron chi connectivity index (χ4n) is 3.09. The predicted molar refractivity (Wildman–Crippen MR) is 124 cm³/mol. The molecule has 3 rings (SSSR count). The second-order valence-electron chi connectivity index (χ2n) is 7.24. The number of nitrogens with zero attached hydrogens (tertiary/aromatic N) is 1. The SMILES string of the molecule is Cc1cccc(Oc2ccccc2NC(=O)CSc2nc(C)c(C)c(C)c2C(N)=O)c1. The van der Waals surface area contributed by atoms with Gasteiger partial charge < -0.3 is 15.8 Å². The number of aryl methyl sites for hydroxylation is 2. The number of aromatic nitrogens is 1. The molecule has 0 spiro atoms. The number of para-hydroxylation sites is 2. The van der Waals surface area contributed by atoms with Crippen molar-refractivity contribution >= 4 is 29.3 Å². The molecule has 0 unspecified atom stereocenters. The van der Waals surface area contributed by atoms with Crippen LogP contribution in [-0.2, 0) is 4.79 Å². The van der Waals surface area contributed by atoms with Crippen LogP contribution in [0.4, 0.5) is 5.69 Å². The average molecular weight is 436 g/mol. The fraction of sp³-hybridized carbons (Fsp3) is 0.208. The molecule has 0 saturated carbocycles. The summed E-state index contributed by atoms with van der Waals surface area (Å²) in [6, 6.07) is 14.9. The zero-order valence-electron chi connectivity index (χ0n) is 18.0. The van der Waals surface area contributed by atoms with Crippen LogP contribution < -0.4 is 15.8 Å². The van der Waals surface area contributed by atoms with Crippen LogP contribution >= 0.6 is 11.8 Å². The maximum Gasteiger partial charge on any atom is 0.251 e. The van der Waals surface area contributed by atoms with E-state index in [1.54, 1.807) is 12.1 Å². The highest BCUT2D eigenvalue weighted by molar-refractivity contribution is 8.00. The quantitative estimate of drug-likeness (QED) is 0.513. The van der Waals surface area contributed by atoms with Crippen molar-refractivity contribution in [3.63, 3.8) is 0 Å². The van der Waals surface area contributed by atoms with Gasteiger partial charge in [-0.05, 0) is 68.7 Å². The first kappa shape index (κ1) is 22.4. The average Bonchev–Trinajstić information content (AvgIpc) is 2.71. The highest BCUT2D eigenvalue weighted by Crippen LogP contribution is 2.31. The minimum absolute atomic E-state index is 0.0774. The van der Waals surface area contributed by atoms with E-state index in [4.69, 9.17) is 10.5 Å². The van der Waals surface area contributed by atoms with E-state index < -0.39 is 5.91 Å². The summed E-state index contributed by atoms with van der Waals surface area (Å²) in [5, 5.41) is 3.34. The molecule has 160 valence electrons. The number of thioether (sulfide) groups is 1. The summed E-state index contributed by atoms with van der Waals surface area (Å²) < 4.78 is 5.95. The van der Waals surface area contributed by atoms with Crippen molar-refractivity contribution < 1.29 is 14.3 Å². The second kappa shape index (κ2) is 9.66. The Balaban J connectivity index is 1.74. The van der Waals surface area contributed by atoms with E-state index in [9.17, 15) is 9.59 Å². The first-order valence-electron chi connectivity index (χ1n) is 9.80. The summed E-state index contributed by atoms with van der Waals surface area (Å²) in [5.74, 6) is 0.529. The second-order valence-corrected chi connectivity index (χ2v) is 8.21. The maximum absolute atomic E-state index is 12.6. The van der Waals surface area contributed by atoms with E-state index >= 15 is 0 Å². The Kier molecular flexibility index (Phi) is 6.97. The number of nitrogens with two attached hydrogens (primary N) is 1. The first-order chi connectivity index (χ1) is 14.8. The van der Waals surface area contributed by atoms with Crippen LogP contribution in [-0.4, -0.2) is 22.6 Å². The third kappa shape index (κ3) is 5.44. The molecule has 3 aromatic rings. The number of anilines is 1. The maximum atomic E-state index is 12.6. The number of amides is 2. The van der Waals surface area contributed by atoms with Gasteiger partial charge in [0.05, 0.1) is 17.0 Å². The van der Waals surface area contributed by atoms with Crippen molar-refractivity contribution in [2.24, 2.45) is 5.73 Å². The third-order valence-corrected chi connectivity index (χ3v) is 5.90. The minimum Gasteiger partial charge on any atom is -0.455 e. The van der Waals surface area contributed by atoms with Crippen LogP contribution in [0, 0.1) is 27.7 Å². The lowest BCUT2D eigenvalue weighted by Gasteiger charge is -2.14. The molecule has 0 saturated heterocycles. The summed E-state index contributed by atoms with van der Waals surface area (Å²) in [6.45, 7) is 7.60. The number of rotatable bonds is 7. The van der Waals surface area contributed by atoms with Gasteiger partial charge in [0.2, 0.25) is 5.91 Å². The molecule has 0 bridgehead atoms. The number of primary amides is 1. The third-order valence-electron chi connectivity index (χ3n) is 4.93. The fourth-order valence-corrected chi connectivity index (χ4v) is 4.03. The minimum atomic E-state index is -0.548. The molecule has 0 atom stereocenters. The molecule has 1 heterocycles. The standard InChI is InChI=1S/C24H25N3O3S/c1-14-8-7-9-18(12-14)30-20-11-6-5-10-19(20)27-21(28)13-31-24-22(23(25)29)16(3)15(2)17(4)26-24/h5-12H,13H2,1-4H3,(H2,25,29)(H,27,28). The molecular formula is C24H25N3O3S. The normalized spacial score (nSPS) is 10.6. The van der Waals surface area contributed by atoms with E-state index in [1.807, 2.05) is 64.1 Å². The van der Waals surface area contributed by atoms with Crippen LogP contribution in [0.15, 0.2) is 53.6 Å². The van der Waals surface area contributed by atoms with Crippen molar-refractivity contribution in [3.05, 3.63) is 76.5 Å². The lowest BCUT2D eigenvalue weighted by molar-refractivity contribution is -0.113. The van der Waals surface area contributed by atoms with Gasteiger partial charge in [-0.25, -0.2) is 4.98 Å². The highest BCUT2D eigenvalue weighted by atomic mass is 32.2. The Morgan fingerprint density at radius 1 is 1.03 bits per heavy atom. The van der Waals surface area contributed by atoms with Crippen LogP contribution in [0.2, 0.25) is 0 Å². The number of carbonyl (C=O) groups excluding carboxylic acids is 2. The van der Waals surface area contributed by atoms with E-state index in [0.717, 1.165) is 22.4 Å². The molecule has 2 amide bonds. The predicted octanol–water partition coefficient (Wildman–Crippen LogP) is 4.94. The van der Waals surface area contributed by atoms with E-state index in [2.05, 4.69) is 10.3 Å². The van der Waals surface area contributed by atoms with Crippen molar-refractivity contribution in [2.45, 2.75) is 32.7 Å². The zero-order chi connectivity index (χ0) is 22.5. The van der Waals surface area contributed by atoms with Gasteiger partial charge in [-0.15, -0.1) is 0 Å². The van der Waals surface area contributed by atoms with Crippen LogP contribution in [0.25, 0.3) is 0 Å². The molecule has 1 aromatic heterocycles. The number of nitrogens with one attached hydrogen (secondary N) is 1. The Hall–Kier alpha value is -3.32. The van der Waals surface area contributed by atoms with Gasteiger partial charge in [0.1, 0.15) is 10.8 Å². The summed E-state index contributed by atoms with van der Waals surface area (Å²) in [7, 11) is 0. The summed E-state index contributed by atoms with van der Waals surface area (Å²) in [6.07, 6.45) is 0. The van der Waals surface area contributed by atoms with Gasteiger partial charge in [0.25, 0.3) is 5.91 Å². The molecule has 3 N–H and O–H groups in total. The summed E-state index contributed by atoms with van der Waals surface area (Å²) >= 11 is 1.19. The monoisotopic (exact) mass is 435 g/mol. The summed E-state index contributed by atoms with van der Waals surface area (Å²) in [4.78, 5) is 29.0. The lowest BCUT2D eigenvalue weighted by Crippen LogP contribution is -2.18. The molecule has 0 radical (unpaired) electrons. The van der Waals surface area contributed by atoms with Gasteiger partial charge in [0, 0.05) is 5.69 Å². The van der Waals surface area contributed by atoms with Gasteiger partial charge >= 0.3 is 0 Å². The van der Waals surface area contributed by atoms with Gasteiger partial charge in [0.15, 0.2) is 5.75 Å². The van der Waals surface area contributed by atoms with Crippen molar-refractivity contribution in [2.75, 3.05) is 11.1 Å². The molecule has 2 aromatic carbocycles. The van der Waals surface area contributed by atoms with Gasteiger partial charge in [-0.2, -0.15) is 0 Å². The van der Waals surface area contributed by atoms with Crippen LogP contribution in [0.1, 0.15) is 32.7 Å². The van der Waals surface area contributed by atoms with Gasteiger partial charge in [-0.3, -0.25) is 9.59 Å². The molecule has 0 aliphatic carbocycles. The summed E-state index contributed by atoms with van der Waals surface area (Å²) in [5.41, 5.74) is 10.1. The molecule has 7 heteroatoms. The molecule has 6 nitrogen and oxygen atoms in total. The smallest absolute Gasteiger partial charge is 0.251 e. The topological polar surface area (TPSA) is 94.3 Å². The van der Waals surface area contributed by atoms with E-state index in [0.29, 0.717) is 27.8 Å². The number of hydrogen-bond donors (Lipinski definition) is 2. The zero-order valence-corrected chi connectivity index (χ0v) is 18.8. The lowest BCUT2D eigenvalue weighted by atomic mass is 10.0. The Morgan fingerprint density at radius 2 is 1.77 bits per heavy atom. The Morgan fingerprint density at radius 3 is 2.48 bits per heavy atom. The largest absolute Gasteiger partial charge is 0.455 e. The highest BCUT2D eigenvalue weighted by Gasteiger charge is 2.18. The molecular weight excluding hydrogens is 410 g/mol. The molecule has 0 aliphatic rings. The first-order valence-corrected chi connectivity index (χ1v) is 10.8.